The number of urea groups is 1. The summed E-state index contributed by atoms with van der Waals surface area (Å²) in [7, 11) is 0. The first-order chi connectivity index (χ1) is 13.5. The molecule has 3 aromatic rings. The van der Waals surface area contributed by atoms with Gasteiger partial charge in [0, 0.05) is 33.7 Å². The van der Waals surface area contributed by atoms with Crippen LogP contribution >= 0.6 is 11.6 Å². The first kappa shape index (κ1) is 18.3. The quantitative estimate of drug-likeness (QED) is 0.479. The monoisotopic (exact) mass is 393 g/mol. The molecular weight excluding hydrogens is 374 g/mol. The summed E-state index contributed by atoms with van der Waals surface area (Å²) in [6, 6.07) is 14.6. The Balaban J connectivity index is 1.76. The van der Waals surface area contributed by atoms with Crippen molar-refractivity contribution in [1.29, 1.82) is 0 Å². The standard InChI is InChI=1S/C22H20ClN3O2/c1-3-14(2)25-13-15(18-9-4-5-10-20(18)25)11-19-21(27)26(22(28)24-19)17-8-6-7-16(23)12-17/h4-14H,3H2,1-2H3,(H,24,28)/b19-11+/t14-/m1/s1. The number of imide groups is 1. The van der Waals surface area contributed by atoms with Crippen LogP contribution in [0.25, 0.3) is 17.0 Å². The number of hydrogen-bond acceptors (Lipinski definition) is 2. The fourth-order valence-electron chi connectivity index (χ4n) is 3.45. The van der Waals surface area contributed by atoms with Gasteiger partial charge in [0.15, 0.2) is 0 Å². The van der Waals surface area contributed by atoms with Gasteiger partial charge in [0.2, 0.25) is 0 Å². The summed E-state index contributed by atoms with van der Waals surface area (Å²) in [5.74, 6) is -0.396. The van der Waals surface area contributed by atoms with Crippen molar-refractivity contribution in [3.63, 3.8) is 0 Å². The van der Waals surface area contributed by atoms with Gasteiger partial charge in [0.05, 0.1) is 5.69 Å². The molecule has 1 aliphatic heterocycles. The van der Waals surface area contributed by atoms with Crippen LogP contribution in [0, 0.1) is 0 Å². The number of halogens is 1. The van der Waals surface area contributed by atoms with Gasteiger partial charge in [-0.15, -0.1) is 0 Å². The average molecular weight is 394 g/mol. The van der Waals surface area contributed by atoms with Gasteiger partial charge in [-0.1, -0.05) is 42.8 Å². The topological polar surface area (TPSA) is 54.3 Å². The second kappa shape index (κ2) is 7.17. The Labute approximate surface area is 168 Å². The molecular formula is C22H20ClN3O2. The van der Waals surface area contributed by atoms with Gasteiger partial charge < -0.3 is 9.88 Å². The lowest BCUT2D eigenvalue weighted by Gasteiger charge is -2.12. The molecule has 2 heterocycles. The molecule has 5 nitrogen and oxygen atoms in total. The molecule has 0 bridgehead atoms. The van der Waals surface area contributed by atoms with Crippen molar-refractivity contribution >= 4 is 46.2 Å². The number of carbonyl (C=O) groups is 2. The first-order valence-corrected chi connectivity index (χ1v) is 9.59. The molecule has 28 heavy (non-hydrogen) atoms. The molecule has 0 aliphatic carbocycles. The van der Waals surface area contributed by atoms with Gasteiger partial charge in [-0.2, -0.15) is 0 Å². The number of rotatable bonds is 4. The van der Waals surface area contributed by atoms with E-state index in [4.69, 9.17) is 11.6 Å². The summed E-state index contributed by atoms with van der Waals surface area (Å²) in [4.78, 5) is 26.4. The molecule has 0 saturated carbocycles. The number of para-hydroxylation sites is 1. The van der Waals surface area contributed by atoms with Crippen molar-refractivity contribution in [2.24, 2.45) is 0 Å². The minimum atomic E-state index is -0.482. The van der Waals surface area contributed by atoms with E-state index < -0.39 is 11.9 Å². The Morgan fingerprint density at radius 3 is 2.68 bits per heavy atom. The molecule has 1 saturated heterocycles. The zero-order chi connectivity index (χ0) is 19.8. The van der Waals surface area contributed by atoms with E-state index in [-0.39, 0.29) is 5.70 Å². The second-order valence-corrected chi connectivity index (χ2v) is 7.31. The number of carbonyl (C=O) groups excluding carboxylic acids is 2. The van der Waals surface area contributed by atoms with Crippen LogP contribution in [-0.4, -0.2) is 16.5 Å². The van der Waals surface area contributed by atoms with E-state index in [1.54, 1.807) is 30.3 Å². The lowest BCUT2D eigenvalue weighted by molar-refractivity contribution is -0.113. The average Bonchev–Trinajstić information content (AvgIpc) is 3.19. The van der Waals surface area contributed by atoms with Crippen LogP contribution < -0.4 is 10.2 Å². The molecule has 4 rings (SSSR count). The Kier molecular flexibility index (Phi) is 4.69. The third-order valence-corrected chi connectivity index (χ3v) is 5.32. The highest BCUT2D eigenvalue weighted by Gasteiger charge is 2.35. The summed E-state index contributed by atoms with van der Waals surface area (Å²) in [6.07, 6.45) is 4.77. The van der Waals surface area contributed by atoms with Crippen LogP contribution in [0.1, 0.15) is 31.9 Å². The number of nitrogens with zero attached hydrogens (tertiary/aromatic N) is 2. The van der Waals surface area contributed by atoms with E-state index in [0.29, 0.717) is 16.8 Å². The third-order valence-electron chi connectivity index (χ3n) is 5.08. The number of hydrogen-bond donors (Lipinski definition) is 1. The van der Waals surface area contributed by atoms with Crippen molar-refractivity contribution in [2.75, 3.05) is 4.90 Å². The highest BCUT2D eigenvalue weighted by molar-refractivity contribution is 6.32. The molecule has 3 amide bonds. The van der Waals surface area contributed by atoms with E-state index in [9.17, 15) is 9.59 Å². The van der Waals surface area contributed by atoms with E-state index in [0.717, 1.165) is 27.8 Å². The molecule has 6 heteroatoms. The summed E-state index contributed by atoms with van der Waals surface area (Å²) in [6.45, 7) is 4.30. The Morgan fingerprint density at radius 1 is 1.14 bits per heavy atom. The number of aromatic nitrogens is 1. The Morgan fingerprint density at radius 2 is 1.93 bits per heavy atom. The molecule has 0 radical (unpaired) electrons. The maximum absolute atomic E-state index is 12.9. The van der Waals surface area contributed by atoms with Gasteiger partial charge in [-0.25, -0.2) is 9.69 Å². The Bertz CT molecular complexity index is 1120. The number of anilines is 1. The minimum absolute atomic E-state index is 0.247. The third kappa shape index (κ3) is 3.08. The summed E-state index contributed by atoms with van der Waals surface area (Å²) < 4.78 is 2.21. The van der Waals surface area contributed by atoms with Crippen molar-refractivity contribution in [1.82, 2.24) is 9.88 Å². The number of benzene rings is 2. The van der Waals surface area contributed by atoms with Crippen LogP contribution in [0.5, 0.6) is 0 Å². The molecule has 0 unspecified atom stereocenters. The lowest BCUT2D eigenvalue weighted by Crippen LogP contribution is -2.30. The fraction of sp³-hybridized carbons (Fsp3) is 0.182. The molecule has 1 fully saturated rings. The predicted molar refractivity (Wildman–Crippen MR) is 112 cm³/mol. The van der Waals surface area contributed by atoms with Crippen molar-refractivity contribution in [3.8, 4) is 0 Å². The molecule has 1 aliphatic rings. The second-order valence-electron chi connectivity index (χ2n) is 6.87. The highest BCUT2D eigenvalue weighted by atomic mass is 35.5. The van der Waals surface area contributed by atoms with Crippen molar-refractivity contribution < 1.29 is 9.59 Å². The van der Waals surface area contributed by atoms with Crippen LogP contribution in [0.3, 0.4) is 0 Å². The summed E-state index contributed by atoms with van der Waals surface area (Å²) in [5.41, 5.74) is 2.69. The largest absolute Gasteiger partial charge is 0.344 e. The SMILES string of the molecule is CC[C@@H](C)n1cc(/C=C2/NC(=O)N(c3cccc(Cl)c3)C2=O)c2ccccc21. The number of amides is 3. The van der Waals surface area contributed by atoms with Crippen molar-refractivity contribution in [3.05, 3.63) is 71.0 Å². The fourth-order valence-corrected chi connectivity index (χ4v) is 3.63. The number of nitrogens with one attached hydrogen (secondary N) is 1. The van der Waals surface area contributed by atoms with Gasteiger partial charge in [-0.3, -0.25) is 4.79 Å². The normalized spacial score (nSPS) is 16.8. The molecule has 0 spiro atoms. The zero-order valence-electron chi connectivity index (χ0n) is 15.6. The maximum Gasteiger partial charge on any atom is 0.333 e. The zero-order valence-corrected chi connectivity index (χ0v) is 16.4. The van der Waals surface area contributed by atoms with Crippen LogP contribution in [0.4, 0.5) is 10.5 Å². The first-order valence-electron chi connectivity index (χ1n) is 9.22. The van der Waals surface area contributed by atoms with Crippen molar-refractivity contribution in [2.45, 2.75) is 26.3 Å². The predicted octanol–water partition coefficient (Wildman–Crippen LogP) is 5.36. The van der Waals surface area contributed by atoms with Crippen LogP contribution in [-0.2, 0) is 4.79 Å². The lowest BCUT2D eigenvalue weighted by atomic mass is 10.1. The van der Waals surface area contributed by atoms with Crippen LogP contribution in [0.15, 0.2) is 60.4 Å². The molecule has 1 atom stereocenters. The van der Waals surface area contributed by atoms with Crippen LogP contribution in [0.2, 0.25) is 5.02 Å². The molecule has 142 valence electrons. The maximum atomic E-state index is 12.9. The molecule has 1 N–H and O–H groups in total. The Hall–Kier alpha value is -3.05. The smallest absolute Gasteiger partial charge is 0.333 e. The van der Waals surface area contributed by atoms with E-state index in [1.165, 1.54) is 0 Å². The van der Waals surface area contributed by atoms with E-state index >= 15 is 0 Å². The van der Waals surface area contributed by atoms with Gasteiger partial charge >= 0.3 is 6.03 Å². The van der Waals surface area contributed by atoms with Gasteiger partial charge in [-0.05, 0) is 43.7 Å². The minimum Gasteiger partial charge on any atom is -0.344 e. The molecule has 2 aromatic carbocycles. The van der Waals surface area contributed by atoms with Gasteiger partial charge in [0.1, 0.15) is 5.70 Å². The summed E-state index contributed by atoms with van der Waals surface area (Å²) in [5, 5.41) is 4.19. The summed E-state index contributed by atoms with van der Waals surface area (Å²) >= 11 is 6.01. The van der Waals surface area contributed by atoms with E-state index in [1.807, 2.05) is 24.4 Å². The number of fused-ring (bicyclic) bond motifs is 1. The van der Waals surface area contributed by atoms with E-state index in [2.05, 4.69) is 29.8 Å². The molecule has 1 aromatic heterocycles. The van der Waals surface area contributed by atoms with Gasteiger partial charge in [0.25, 0.3) is 5.91 Å². The highest BCUT2D eigenvalue weighted by Crippen LogP contribution is 2.29.